The molecule has 1 N–H and O–H groups in total. The van der Waals surface area contributed by atoms with Gasteiger partial charge in [0, 0.05) is 12.0 Å². The lowest BCUT2D eigenvalue weighted by Crippen LogP contribution is -2.18. The number of fused-ring (bicyclic) bond motifs is 1. The van der Waals surface area contributed by atoms with Crippen molar-refractivity contribution in [2.45, 2.75) is 24.6 Å². The molecule has 5 nitrogen and oxygen atoms in total. The summed E-state index contributed by atoms with van der Waals surface area (Å²) in [5, 5.41) is 9.46. The lowest BCUT2D eigenvalue weighted by molar-refractivity contribution is -0.136. The topological polar surface area (TPSA) is 72.3 Å². The van der Waals surface area contributed by atoms with E-state index in [2.05, 4.69) is 9.97 Å². The zero-order chi connectivity index (χ0) is 11.5. The summed E-state index contributed by atoms with van der Waals surface area (Å²) in [5.74, 6) is -0.876. The Morgan fingerprint density at radius 1 is 1.56 bits per heavy atom. The van der Waals surface area contributed by atoms with Gasteiger partial charge >= 0.3 is 5.97 Å². The lowest BCUT2D eigenvalue weighted by Gasteiger charge is -2.18. The van der Waals surface area contributed by atoms with Crippen LogP contribution in [0.3, 0.4) is 0 Å². The van der Waals surface area contributed by atoms with Gasteiger partial charge in [-0.15, -0.1) is 0 Å². The van der Waals surface area contributed by atoms with E-state index in [-0.39, 0.29) is 6.42 Å². The van der Waals surface area contributed by atoms with Crippen LogP contribution in [0.25, 0.3) is 0 Å². The minimum absolute atomic E-state index is 0.0677. The van der Waals surface area contributed by atoms with Gasteiger partial charge in [-0.25, -0.2) is 9.97 Å². The zero-order valence-electron chi connectivity index (χ0n) is 8.89. The maximum atomic E-state index is 10.7. The summed E-state index contributed by atoms with van der Waals surface area (Å²) in [6, 6.07) is 0. The molecular weight excluding hydrogens is 228 g/mol. The first kappa shape index (κ1) is 11.3. The first-order valence-corrected chi connectivity index (χ1v) is 6.15. The molecule has 2 rings (SSSR count). The monoisotopic (exact) mass is 240 g/mol. The molecule has 0 saturated carbocycles. The molecule has 1 aliphatic rings. The molecule has 1 aliphatic heterocycles. The summed E-state index contributed by atoms with van der Waals surface area (Å²) in [7, 11) is 0. The molecular formula is C10H12N2O3S. The van der Waals surface area contributed by atoms with Crippen molar-refractivity contribution in [3.8, 4) is 0 Å². The SMILES string of the molecule is CSc1nc2c(c(CC(=O)O)n1)COCC2. The fourth-order valence-electron chi connectivity index (χ4n) is 1.65. The largest absolute Gasteiger partial charge is 0.481 e. The van der Waals surface area contributed by atoms with E-state index in [1.807, 2.05) is 6.26 Å². The number of rotatable bonds is 3. The molecule has 0 fully saturated rings. The minimum Gasteiger partial charge on any atom is -0.481 e. The van der Waals surface area contributed by atoms with Crippen LogP contribution in [0.2, 0.25) is 0 Å². The zero-order valence-corrected chi connectivity index (χ0v) is 9.71. The quantitative estimate of drug-likeness (QED) is 0.625. The first-order chi connectivity index (χ1) is 7.70. The Labute approximate surface area is 97.2 Å². The molecule has 1 aromatic heterocycles. The van der Waals surface area contributed by atoms with E-state index in [1.165, 1.54) is 11.8 Å². The van der Waals surface area contributed by atoms with Gasteiger partial charge in [-0.3, -0.25) is 4.79 Å². The van der Waals surface area contributed by atoms with Gasteiger partial charge in [-0.05, 0) is 6.26 Å². The first-order valence-electron chi connectivity index (χ1n) is 4.93. The highest BCUT2D eigenvalue weighted by atomic mass is 32.2. The van der Waals surface area contributed by atoms with E-state index in [9.17, 15) is 4.79 Å². The van der Waals surface area contributed by atoms with Crippen LogP contribution in [0.4, 0.5) is 0 Å². The van der Waals surface area contributed by atoms with E-state index in [1.54, 1.807) is 0 Å². The van der Waals surface area contributed by atoms with Crippen LogP contribution in [0.15, 0.2) is 5.16 Å². The Morgan fingerprint density at radius 2 is 2.38 bits per heavy atom. The van der Waals surface area contributed by atoms with Crippen molar-refractivity contribution in [2.75, 3.05) is 12.9 Å². The molecule has 0 atom stereocenters. The highest BCUT2D eigenvalue weighted by molar-refractivity contribution is 7.98. The Hall–Kier alpha value is -1.14. The van der Waals surface area contributed by atoms with Gasteiger partial charge < -0.3 is 9.84 Å². The molecule has 0 saturated heterocycles. The standard InChI is InChI=1S/C10H12N2O3S/c1-16-10-11-7-2-3-15-5-6(7)8(12-10)4-9(13)14/h2-5H2,1H3,(H,13,14). The Kier molecular flexibility index (Phi) is 3.40. The third kappa shape index (κ3) is 2.33. The fourth-order valence-corrected chi connectivity index (χ4v) is 2.06. The molecule has 1 aromatic rings. The predicted molar refractivity (Wildman–Crippen MR) is 58.5 cm³/mol. The highest BCUT2D eigenvalue weighted by Crippen LogP contribution is 2.21. The van der Waals surface area contributed by atoms with Gasteiger partial charge in [-0.1, -0.05) is 11.8 Å². The summed E-state index contributed by atoms with van der Waals surface area (Å²) in [4.78, 5) is 19.4. The lowest BCUT2D eigenvalue weighted by atomic mass is 10.1. The van der Waals surface area contributed by atoms with Crippen molar-refractivity contribution >= 4 is 17.7 Å². The maximum absolute atomic E-state index is 10.7. The van der Waals surface area contributed by atoms with E-state index in [0.29, 0.717) is 24.1 Å². The summed E-state index contributed by atoms with van der Waals surface area (Å²) in [6.07, 6.45) is 2.55. The highest BCUT2D eigenvalue weighted by Gasteiger charge is 2.19. The number of aromatic nitrogens is 2. The number of carboxylic acid groups (broad SMARTS) is 1. The van der Waals surface area contributed by atoms with E-state index >= 15 is 0 Å². The smallest absolute Gasteiger partial charge is 0.309 e. The van der Waals surface area contributed by atoms with Gasteiger partial charge in [0.05, 0.1) is 31.0 Å². The average molecular weight is 240 g/mol. The molecule has 0 spiro atoms. The number of ether oxygens (including phenoxy) is 1. The van der Waals surface area contributed by atoms with Crippen LogP contribution in [0.1, 0.15) is 17.0 Å². The summed E-state index contributed by atoms with van der Waals surface area (Å²) in [5.41, 5.74) is 2.37. The number of thioether (sulfide) groups is 1. The summed E-state index contributed by atoms with van der Waals surface area (Å²) >= 11 is 1.43. The second-order valence-electron chi connectivity index (χ2n) is 3.46. The van der Waals surface area contributed by atoms with Gasteiger partial charge in [0.1, 0.15) is 0 Å². The average Bonchev–Trinajstić information content (AvgIpc) is 2.28. The van der Waals surface area contributed by atoms with Crippen molar-refractivity contribution in [1.29, 1.82) is 0 Å². The maximum Gasteiger partial charge on any atom is 0.309 e. The van der Waals surface area contributed by atoms with E-state index in [0.717, 1.165) is 17.7 Å². The molecule has 0 radical (unpaired) electrons. The van der Waals surface area contributed by atoms with Crippen LogP contribution in [-0.2, 0) is 29.0 Å². The molecule has 0 bridgehead atoms. The van der Waals surface area contributed by atoms with Crippen molar-refractivity contribution in [3.05, 3.63) is 17.0 Å². The molecule has 0 aromatic carbocycles. The number of hydrogen-bond donors (Lipinski definition) is 1. The number of carboxylic acids is 1. The van der Waals surface area contributed by atoms with Gasteiger partial charge in [0.15, 0.2) is 5.16 Å². The molecule has 86 valence electrons. The molecule has 0 aliphatic carbocycles. The van der Waals surface area contributed by atoms with Crippen LogP contribution in [-0.4, -0.2) is 33.9 Å². The van der Waals surface area contributed by atoms with Crippen LogP contribution in [0, 0.1) is 0 Å². The van der Waals surface area contributed by atoms with Crippen molar-refractivity contribution < 1.29 is 14.6 Å². The second-order valence-corrected chi connectivity index (χ2v) is 4.23. The second kappa shape index (κ2) is 4.80. The van der Waals surface area contributed by atoms with Gasteiger partial charge in [0.25, 0.3) is 0 Å². The molecule has 2 heterocycles. The predicted octanol–water partition coefficient (Wildman–Crippen LogP) is 0.898. The van der Waals surface area contributed by atoms with Crippen LogP contribution < -0.4 is 0 Å². The van der Waals surface area contributed by atoms with Crippen molar-refractivity contribution in [1.82, 2.24) is 9.97 Å². The van der Waals surface area contributed by atoms with Crippen molar-refractivity contribution in [2.24, 2.45) is 0 Å². The fraction of sp³-hybridized carbons (Fsp3) is 0.500. The molecule has 0 unspecified atom stereocenters. The van der Waals surface area contributed by atoms with Crippen LogP contribution in [0.5, 0.6) is 0 Å². The van der Waals surface area contributed by atoms with Crippen LogP contribution >= 0.6 is 11.8 Å². The Balaban J connectivity index is 2.43. The Bertz CT molecular complexity index is 423. The number of aliphatic carboxylic acids is 1. The molecule has 0 amide bonds. The van der Waals surface area contributed by atoms with E-state index in [4.69, 9.17) is 9.84 Å². The molecule has 16 heavy (non-hydrogen) atoms. The van der Waals surface area contributed by atoms with Gasteiger partial charge in [0.2, 0.25) is 0 Å². The Morgan fingerprint density at radius 3 is 3.06 bits per heavy atom. The normalized spacial score (nSPS) is 14.6. The number of nitrogens with zero attached hydrogens (tertiary/aromatic N) is 2. The van der Waals surface area contributed by atoms with Crippen molar-refractivity contribution in [3.63, 3.8) is 0 Å². The summed E-state index contributed by atoms with van der Waals surface area (Å²) < 4.78 is 5.31. The van der Waals surface area contributed by atoms with E-state index < -0.39 is 5.97 Å². The minimum atomic E-state index is -0.876. The third-order valence-electron chi connectivity index (χ3n) is 2.39. The van der Waals surface area contributed by atoms with Gasteiger partial charge in [-0.2, -0.15) is 0 Å². The third-order valence-corrected chi connectivity index (χ3v) is 2.94. The number of hydrogen-bond acceptors (Lipinski definition) is 5. The molecule has 6 heteroatoms. The number of carbonyl (C=O) groups is 1. The summed E-state index contributed by atoms with van der Waals surface area (Å²) in [6.45, 7) is 1.07.